The van der Waals surface area contributed by atoms with Gasteiger partial charge in [-0.15, -0.1) is 0 Å². The van der Waals surface area contributed by atoms with Gasteiger partial charge in [0, 0.05) is 18.8 Å². The van der Waals surface area contributed by atoms with Crippen LogP contribution in [0, 0.1) is 13.8 Å². The Hall–Kier alpha value is -3.96. The lowest BCUT2D eigenvalue weighted by atomic mass is 9.99. The number of hydrogen-bond donors (Lipinski definition) is 3. The molecule has 5 N–H and O–H groups in total. The average Bonchev–Trinajstić information content (AvgIpc) is 3.58. The van der Waals surface area contributed by atoms with E-state index >= 15 is 0 Å². The molecular weight excluding hydrogens is 518 g/mol. The summed E-state index contributed by atoms with van der Waals surface area (Å²) < 4.78 is 15.3. The second-order valence-electron chi connectivity index (χ2n) is 9.32. The van der Waals surface area contributed by atoms with E-state index in [-0.39, 0.29) is 28.3 Å². The Bertz CT molecular complexity index is 1350. The highest BCUT2D eigenvalue weighted by molar-refractivity contribution is 7.09. The van der Waals surface area contributed by atoms with Crippen molar-refractivity contribution in [2.45, 2.75) is 45.8 Å². The number of nitrogen functional groups attached to an aromatic ring is 1. The number of primary amides is 1. The Labute approximate surface area is 231 Å². The number of hydrogen-bond acceptors (Lipinski definition) is 8. The molecule has 11 heteroatoms. The normalized spacial score (nSPS) is 15.5. The summed E-state index contributed by atoms with van der Waals surface area (Å²) >= 11 is 0.774. The van der Waals surface area contributed by atoms with Gasteiger partial charge in [0.2, 0.25) is 5.91 Å². The van der Waals surface area contributed by atoms with Crippen LogP contribution in [0.4, 0.5) is 11.4 Å². The lowest BCUT2D eigenvalue weighted by Gasteiger charge is -2.33. The minimum atomic E-state index is -1.08. The van der Waals surface area contributed by atoms with Gasteiger partial charge in [0.15, 0.2) is 5.69 Å². The number of amides is 3. The summed E-state index contributed by atoms with van der Waals surface area (Å²) in [5, 5.41) is 2.98. The summed E-state index contributed by atoms with van der Waals surface area (Å²) in [6, 6.07) is 11.5. The maximum absolute atomic E-state index is 14.2. The maximum Gasteiger partial charge on any atom is 0.273 e. The highest BCUT2D eigenvalue weighted by Gasteiger charge is 2.37. The van der Waals surface area contributed by atoms with E-state index in [1.807, 2.05) is 32.9 Å². The van der Waals surface area contributed by atoms with Gasteiger partial charge in [-0.1, -0.05) is 24.3 Å². The number of aromatic nitrogens is 1. The van der Waals surface area contributed by atoms with Crippen molar-refractivity contribution in [3.05, 3.63) is 69.7 Å². The zero-order valence-corrected chi connectivity index (χ0v) is 23.0. The van der Waals surface area contributed by atoms with Crippen LogP contribution in [0.25, 0.3) is 0 Å². The number of anilines is 2. The van der Waals surface area contributed by atoms with E-state index < -0.39 is 17.9 Å². The molecule has 2 heterocycles. The van der Waals surface area contributed by atoms with Crippen LogP contribution in [0.1, 0.15) is 62.7 Å². The van der Waals surface area contributed by atoms with E-state index in [0.29, 0.717) is 36.8 Å². The van der Waals surface area contributed by atoms with Gasteiger partial charge in [-0.3, -0.25) is 19.3 Å². The molecule has 3 amide bonds. The van der Waals surface area contributed by atoms with Gasteiger partial charge in [0.25, 0.3) is 11.8 Å². The molecule has 1 fully saturated rings. The number of rotatable bonds is 10. The third kappa shape index (κ3) is 6.04. The fraction of sp³-hybridized carbons (Fsp3) is 0.357. The topological polar surface area (TPSA) is 150 Å². The molecule has 4 rings (SSSR count). The SMILES string of the molecule is CCOc1ccc([C@H](C(=O)NC[C@@H]2CCCO2)N(C(=O)c2snc(C(N)=O)c2N)c2cccc(C)c2C)cc1. The molecule has 39 heavy (non-hydrogen) atoms. The fourth-order valence-electron chi connectivity index (χ4n) is 4.55. The van der Waals surface area contributed by atoms with Crippen molar-refractivity contribution >= 4 is 40.6 Å². The first-order chi connectivity index (χ1) is 18.7. The van der Waals surface area contributed by atoms with Gasteiger partial charge in [-0.2, -0.15) is 4.37 Å². The van der Waals surface area contributed by atoms with Crippen LogP contribution < -0.4 is 26.4 Å². The van der Waals surface area contributed by atoms with Gasteiger partial charge in [0.05, 0.1) is 18.4 Å². The number of carbonyl (C=O) groups is 3. The molecule has 10 nitrogen and oxygen atoms in total. The monoisotopic (exact) mass is 551 g/mol. The first-order valence-electron chi connectivity index (χ1n) is 12.8. The minimum absolute atomic E-state index is 0.0209. The second-order valence-corrected chi connectivity index (χ2v) is 10.1. The van der Waals surface area contributed by atoms with Crippen molar-refractivity contribution in [2.75, 3.05) is 30.4 Å². The van der Waals surface area contributed by atoms with Crippen LogP contribution in [0.3, 0.4) is 0 Å². The van der Waals surface area contributed by atoms with Crippen molar-refractivity contribution in [2.24, 2.45) is 5.73 Å². The van der Waals surface area contributed by atoms with E-state index in [9.17, 15) is 14.4 Å². The Kier molecular flexibility index (Phi) is 8.82. The van der Waals surface area contributed by atoms with Gasteiger partial charge in [0.1, 0.15) is 16.7 Å². The van der Waals surface area contributed by atoms with Crippen LogP contribution in [-0.4, -0.2) is 48.0 Å². The van der Waals surface area contributed by atoms with E-state index in [1.54, 1.807) is 30.3 Å². The number of benzene rings is 2. The van der Waals surface area contributed by atoms with Crippen LogP contribution in [0.15, 0.2) is 42.5 Å². The highest BCUT2D eigenvalue weighted by atomic mass is 32.1. The van der Waals surface area contributed by atoms with Crippen molar-refractivity contribution < 1.29 is 23.9 Å². The second kappa shape index (κ2) is 12.3. The molecule has 1 aliphatic heterocycles. The van der Waals surface area contributed by atoms with Crippen molar-refractivity contribution in [1.82, 2.24) is 9.69 Å². The zero-order valence-electron chi connectivity index (χ0n) is 22.2. The average molecular weight is 552 g/mol. The van der Waals surface area contributed by atoms with Gasteiger partial charge in [-0.05, 0) is 80.0 Å². The van der Waals surface area contributed by atoms with Crippen LogP contribution >= 0.6 is 11.5 Å². The first kappa shape index (κ1) is 28.1. The van der Waals surface area contributed by atoms with E-state index in [1.165, 1.54) is 4.90 Å². The summed E-state index contributed by atoms with van der Waals surface area (Å²) in [6.45, 7) is 7.16. The number of nitrogens with zero attached hydrogens (tertiary/aromatic N) is 2. The molecule has 0 unspecified atom stereocenters. The van der Waals surface area contributed by atoms with Gasteiger partial charge >= 0.3 is 0 Å². The van der Waals surface area contributed by atoms with Crippen molar-refractivity contribution in [1.29, 1.82) is 0 Å². The minimum Gasteiger partial charge on any atom is -0.494 e. The number of carbonyl (C=O) groups excluding carboxylic acids is 3. The molecule has 0 saturated carbocycles. The van der Waals surface area contributed by atoms with E-state index in [2.05, 4.69) is 9.69 Å². The third-order valence-electron chi connectivity index (χ3n) is 6.75. The fourth-order valence-corrected chi connectivity index (χ4v) is 5.29. The molecule has 0 spiro atoms. The Morgan fingerprint density at radius 3 is 2.56 bits per heavy atom. The molecule has 0 radical (unpaired) electrons. The standard InChI is InChI=1S/C28H33N5O5S/c1-4-37-19-12-10-18(11-13-19)24(27(35)31-15-20-8-6-14-38-20)33(21-9-5-7-16(2)17(21)3)28(36)25-22(29)23(26(30)34)32-39-25/h5,7,9-13,20,24H,4,6,8,14-15,29H2,1-3H3,(H2,30,34)(H,31,35)/t20-,24+/m0/s1. The van der Waals surface area contributed by atoms with Gasteiger partial charge < -0.3 is 26.3 Å². The summed E-state index contributed by atoms with van der Waals surface area (Å²) in [7, 11) is 0. The summed E-state index contributed by atoms with van der Waals surface area (Å²) in [5.74, 6) is -1.15. The summed E-state index contributed by atoms with van der Waals surface area (Å²) in [5.41, 5.74) is 14.1. The van der Waals surface area contributed by atoms with Crippen LogP contribution in [-0.2, 0) is 9.53 Å². The molecule has 3 aromatic rings. The number of ether oxygens (including phenoxy) is 2. The first-order valence-corrected chi connectivity index (χ1v) is 13.6. The zero-order chi connectivity index (χ0) is 28.1. The Morgan fingerprint density at radius 1 is 1.21 bits per heavy atom. The van der Waals surface area contributed by atoms with Crippen LogP contribution in [0.5, 0.6) is 5.75 Å². The molecule has 206 valence electrons. The lowest BCUT2D eigenvalue weighted by Crippen LogP contribution is -2.46. The van der Waals surface area contributed by atoms with E-state index in [4.69, 9.17) is 20.9 Å². The molecule has 1 aliphatic rings. The summed E-state index contributed by atoms with van der Waals surface area (Å²) in [4.78, 5) is 41.5. The molecule has 1 aromatic heterocycles. The number of nitrogens with two attached hydrogens (primary N) is 2. The molecular formula is C28H33N5O5S. The predicted molar refractivity (Wildman–Crippen MR) is 150 cm³/mol. The predicted octanol–water partition coefficient (Wildman–Crippen LogP) is 3.52. The third-order valence-corrected chi connectivity index (χ3v) is 7.60. The maximum atomic E-state index is 14.2. The van der Waals surface area contributed by atoms with E-state index in [0.717, 1.165) is 35.5 Å². The smallest absolute Gasteiger partial charge is 0.273 e. The molecule has 2 aromatic carbocycles. The van der Waals surface area contributed by atoms with Crippen molar-refractivity contribution in [3.63, 3.8) is 0 Å². The molecule has 0 aliphatic carbocycles. The lowest BCUT2D eigenvalue weighted by molar-refractivity contribution is -0.123. The van der Waals surface area contributed by atoms with Gasteiger partial charge in [-0.25, -0.2) is 0 Å². The number of aryl methyl sites for hydroxylation is 1. The molecule has 1 saturated heterocycles. The highest BCUT2D eigenvalue weighted by Crippen LogP contribution is 2.36. The Morgan fingerprint density at radius 2 is 1.95 bits per heavy atom. The molecule has 2 atom stereocenters. The Balaban J connectivity index is 1.84. The van der Waals surface area contributed by atoms with Crippen molar-refractivity contribution in [3.8, 4) is 5.75 Å². The largest absolute Gasteiger partial charge is 0.494 e. The molecule has 0 bridgehead atoms. The number of nitrogens with one attached hydrogen (secondary N) is 1. The quantitative estimate of drug-likeness (QED) is 0.349. The van der Waals surface area contributed by atoms with Crippen LogP contribution in [0.2, 0.25) is 0 Å². The summed E-state index contributed by atoms with van der Waals surface area (Å²) in [6.07, 6.45) is 1.69.